The Morgan fingerprint density at radius 1 is 1.42 bits per heavy atom. The summed E-state index contributed by atoms with van der Waals surface area (Å²) >= 11 is 11.8. The molecule has 0 radical (unpaired) electrons. The summed E-state index contributed by atoms with van der Waals surface area (Å²) in [6, 6.07) is 3.97. The van der Waals surface area contributed by atoms with E-state index in [-0.39, 0.29) is 5.91 Å². The molecule has 1 fully saturated rings. The smallest absolute Gasteiger partial charge is 0.217 e. The number of aromatic nitrogens is 1. The summed E-state index contributed by atoms with van der Waals surface area (Å²) in [5.74, 6) is 0.0448. The number of pyridine rings is 1. The highest BCUT2D eigenvalue weighted by atomic mass is 35.5. The zero-order valence-corrected chi connectivity index (χ0v) is 12.3. The average molecular weight is 302 g/mol. The van der Waals surface area contributed by atoms with E-state index in [0.717, 1.165) is 38.0 Å². The van der Waals surface area contributed by atoms with Crippen LogP contribution in [0.2, 0.25) is 10.3 Å². The van der Waals surface area contributed by atoms with Crippen molar-refractivity contribution >= 4 is 29.1 Å². The molecule has 0 aromatic carbocycles. The third-order valence-corrected chi connectivity index (χ3v) is 3.82. The van der Waals surface area contributed by atoms with Crippen molar-refractivity contribution in [1.29, 1.82) is 0 Å². The summed E-state index contributed by atoms with van der Waals surface area (Å²) < 4.78 is 0. The fraction of sp³-hybridized carbons (Fsp3) is 0.538. The molecule has 1 aromatic heterocycles. The molecule has 2 rings (SSSR count). The average Bonchev–Trinajstić information content (AvgIpc) is 2.34. The quantitative estimate of drug-likeness (QED) is 0.873. The monoisotopic (exact) mass is 301 g/mol. The van der Waals surface area contributed by atoms with E-state index in [0.29, 0.717) is 16.3 Å². The number of piperidine rings is 1. The second kappa shape index (κ2) is 6.55. The lowest BCUT2D eigenvalue weighted by atomic mass is 10.0. The third-order valence-electron chi connectivity index (χ3n) is 3.28. The molecule has 1 amide bonds. The van der Waals surface area contributed by atoms with E-state index in [1.165, 1.54) is 0 Å². The molecule has 0 aliphatic carbocycles. The number of nitrogens with zero attached hydrogens (tertiary/aromatic N) is 2. The van der Waals surface area contributed by atoms with Gasteiger partial charge in [0.05, 0.1) is 0 Å². The first-order valence-corrected chi connectivity index (χ1v) is 7.10. The highest BCUT2D eigenvalue weighted by molar-refractivity contribution is 6.32. The molecular formula is C13H17Cl2N3O. The third kappa shape index (κ3) is 4.34. The minimum atomic E-state index is 0.0448. The number of rotatable bonds is 3. The molecule has 1 saturated heterocycles. The fourth-order valence-electron chi connectivity index (χ4n) is 2.32. The van der Waals surface area contributed by atoms with Gasteiger partial charge in [-0.05, 0) is 18.9 Å². The molecule has 1 aromatic rings. The number of halogens is 2. The minimum absolute atomic E-state index is 0.0448. The van der Waals surface area contributed by atoms with Crippen LogP contribution in [0.25, 0.3) is 0 Å². The zero-order valence-electron chi connectivity index (χ0n) is 10.8. The maximum Gasteiger partial charge on any atom is 0.217 e. The van der Waals surface area contributed by atoms with Crippen molar-refractivity contribution in [2.75, 3.05) is 13.1 Å². The Labute approximate surface area is 123 Å². The van der Waals surface area contributed by atoms with E-state index in [4.69, 9.17) is 23.2 Å². The number of carbonyl (C=O) groups is 1. The highest BCUT2D eigenvalue weighted by Crippen LogP contribution is 2.20. The summed E-state index contributed by atoms with van der Waals surface area (Å²) in [6.45, 7) is 4.23. The van der Waals surface area contributed by atoms with Gasteiger partial charge < -0.3 is 5.32 Å². The van der Waals surface area contributed by atoms with Crippen LogP contribution >= 0.6 is 23.2 Å². The van der Waals surface area contributed by atoms with Gasteiger partial charge >= 0.3 is 0 Å². The van der Waals surface area contributed by atoms with Gasteiger partial charge in [-0.3, -0.25) is 9.69 Å². The second-order valence-corrected chi connectivity index (χ2v) is 5.58. The molecule has 1 aliphatic heterocycles. The number of amides is 1. The molecule has 0 saturated carbocycles. The van der Waals surface area contributed by atoms with Gasteiger partial charge in [0.2, 0.25) is 5.91 Å². The molecule has 2 heterocycles. The largest absolute Gasteiger partial charge is 0.354 e. The second-order valence-electron chi connectivity index (χ2n) is 4.83. The van der Waals surface area contributed by atoms with Crippen molar-refractivity contribution in [1.82, 2.24) is 15.2 Å². The summed E-state index contributed by atoms with van der Waals surface area (Å²) in [5.41, 5.74) is 0.990. The first-order valence-electron chi connectivity index (χ1n) is 6.35. The first-order chi connectivity index (χ1) is 9.04. The predicted molar refractivity (Wildman–Crippen MR) is 76.4 cm³/mol. The Morgan fingerprint density at radius 2 is 2.11 bits per heavy atom. The molecule has 0 atom stereocenters. The maximum absolute atomic E-state index is 11.0. The first kappa shape index (κ1) is 14.6. The Hall–Kier alpha value is -0.840. The van der Waals surface area contributed by atoms with Crippen LogP contribution in [0, 0.1) is 0 Å². The van der Waals surface area contributed by atoms with E-state index in [1.807, 2.05) is 6.07 Å². The Bertz CT molecular complexity index is 459. The van der Waals surface area contributed by atoms with Crippen LogP contribution in [0.4, 0.5) is 0 Å². The van der Waals surface area contributed by atoms with E-state index in [9.17, 15) is 4.79 Å². The molecule has 19 heavy (non-hydrogen) atoms. The summed E-state index contributed by atoms with van der Waals surface area (Å²) in [7, 11) is 0. The summed E-state index contributed by atoms with van der Waals surface area (Å²) in [6.07, 6.45) is 1.94. The van der Waals surface area contributed by atoms with E-state index < -0.39 is 0 Å². The minimum Gasteiger partial charge on any atom is -0.354 e. The lowest BCUT2D eigenvalue weighted by Crippen LogP contribution is -2.43. The number of hydrogen-bond donors (Lipinski definition) is 1. The van der Waals surface area contributed by atoms with Crippen LogP contribution in [0.15, 0.2) is 12.1 Å². The SMILES string of the molecule is CC(=O)NC1CCN(Cc2ccc(Cl)nc2Cl)CC1. The van der Waals surface area contributed by atoms with Crippen LogP contribution < -0.4 is 5.32 Å². The van der Waals surface area contributed by atoms with Gasteiger partial charge in [-0.2, -0.15) is 0 Å². The molecule has 1 aliphatic rings. The van der Waals surface area contributed by atoms with E-state index in [2.05, 4.69) is 15.2 Å². The van der Waals surface area contributed by atoms with Crippen molar-refractivity contribution in [2.24, 2.45) is 0 Å². The molecule has 0 spiro atoms. The molecule has 104 valence electrons. The van der Waals surface area contributed by atoms with Gasteiger partial charge in [0.1, 0.15) is 10.3 Å². The van der Waals surface area contributed by atoms with Gasteiger partial charge in [-0.1, -0.05) is 29.3 Å². The standard InChI is InChI=1S/C13H17Cl2N3O/c1-9(19)16-11-4-6-18(7-5-11)8-10-2-3-12(14)17-13(10)15/h2-3,11H,4-8H2,1H3,(H,16,19). The number of hydrogen-bond acceptors (Lipinski definition) is 3. The fourth-order valence-corrected chi connectivity index (χ4v) is 2.73. The van der Waals surface area contributed by atoms with Gasteiger partial charge in [0.25, 0.3) is 0 Å². The topological polar surface area (TPSA) is 45.2 Å². The lowest BCUT2D eigenvalue weighted by Gasteiger charge is -2.32. The lowest BCUT2D eigenvalue weighted by molar-refractivity contribution is -0.119. The Balaban J connectivity index is 1.87. The summed E-state index contributed by atoms with van der Waals surface area (Å²) in [5, 5.41) is 3.85. The van der Waals surface area contributed by atoms with Crippen LogP contribution in [0.3, 0.4) is 0 Å². The van der Waals surface area contributed by atoms with Crippen LogP contribution in [0.5, 0.6) is 0 Å². The van der Waals surface area contributed by atoms with Crippen molar-refractivity contribution in [3.8, 4) is 0 Å². The molecule has 0 bridgehead atoms. The van der Waals surface area contributed by atoms with Gasteiger partial charge in [0.15, 0.2) is 0 Å². The van der Waals surface area contributed by atoms with Gasteiger partial charge in [-0.15, -0.1) is 0 Å². The van der Waals surface area contributed by atoms with Crippen LogP contribution in [-0.2, 0) is 11.3 Å². The number of nitrogens with one attached hydrogen (secondary N) is 1. The normalized spacial score (nSPS) is 17.4. The molecule has 1 N–H and O–H groups in total. The van der Waals surface area contributed by atoms with Crippen molar-refractivity contribution in [3.63, 3.8) is 0 Å². The van der Waals surface area contributed by atoms with Crippen LogP contribution in [-0.4, -0.2) is 34.9 Å². The van der Waals surface area contributed by atoms with Crippen molar-refractivity contribution in [2.45, 2.75) is 32.4 Å². The number of carbonyl (C=O) groups excluding carboxylic acids is 1. The van der Waals surface area contributed by atoms with Crippen molar-refractivity contribution in [3.05, 3.63) is 28.0 Å². The van der Waals surface area contributed by atoms with Crippen molar-refractivity contribution < 1.29 is 4.79 Å². The molecule has 4 nitrogen and oxygen atoms in total. The van der Waals surface area contributed by atoms with Gasteiger partial charge in [0, 0.05) is 38.2 Å². The van der Waals surface area contributed by atoms with Gasteiger partial charge in [-0.25, -0.2) is 4.98 Å². The predicted octanol–water partition coefficient (Wildman–Crippen LogP) is 2.49. The highest BCUT2D eigenvalue weighted by Gasteiger charge is 2.20. The Morgan fingerprint density at radius 3 is 2.68 bits per heavy atom. The molecule has 6 heteroatoms. The Kier molecular flexibility index (Phi) is 5.02. The van der Waals surface area contributed by atoms with E-state index >= 15 is 0 Å². The van der Waals surface area contributed by atoms with Crippen LogP contribution in [0.1, 0.15) is 25.3 Å². The molecule has 0 unspecified atom stereocenters. The number of likely N-dealkylation sites (tertiary alicyclic amines) is 1. The molecular weight excluding hydrogens is 285 g/mol. The van der Waals surface area contributed by atoms with E-state index in [1.54, 1.807) is 13.0 Å². The zero-order chi connectivity index (χ0) is 13.8. The summed E-state index contributed by atoms with van der Waals surface area (Å²) in [4.78, 5) is 17.4. The maximum atomic E-state index is 11.0.